The molecule has 1 aliphatic rings. The summed E-state index contributed by atoms with van der Waals surface area (Å²) in [5.74, 6) is 5.88. The van der Waals surface area contributed by atoms with Crippen molar-refractivity contribution in [2.45, 2.75) is 36.6 Å². The number of halogens is 3. The fourth-order valence-electron chi connectivity index (χ4n) is 3.08. The standard InChI is InChI=1S/C19H21F3N6O3S/c1-3-4-14-12-27(32(30,31)15-5-6-16(23)24-11-15)7-8-28(14)17-25-9-13(10-26-17)18(2,29)19(20,21)22/h5-6,9-11,14,29H,7-8,12H2,1-2H3,(H2,23,24)/t14-,18+/m1/s1. The minimum atomic E-state index is -4.90. The fourth-order valence-corrected chi connectivity index (χ4v) is 4.47. The number of aromatic nitrogens is 3. The molecule has 3 rings (SSSR count). The molecule has 2 aromatic rings. The molecule has 0 saturated carbocycles. The molecule has 0 spiro atoms. The Hall–Kier alpha value is -2.95. The van der Waals surface area contributed by atoms with Crippen LogP contribution in [0.15, 0.2) is 35.6 Å². The first kappa shape index (κ1) is 23.7. The van der Waals surface area contributed by atoms with Crippen molar-refractivity contribution >= 4 is 21.8 Å². The highest BCUT2D eigenvalue weighted by molar-refractivity contribution is 7.89. The van der Waals surface area contributed by atoms with Gasteiger partial charge >= 0.3 is 6.18 Å². The maximum Gasteiger partial charge on any atom is 0.421 e. The van der Waals surface area contributed by atoms with Gasteiger partial charge in [-0.3, -0.25) is 0 Å². The number of piperazine rings is 1. The SMILES string of the molecule is CC#C[C@@H]1CN(S(=O)(=O)c2ccc(N)nc2)CCN1c1ncc([C@](C)(O)C(F)(F)F)cn1. The maximum absolute atomic E-state index is 13.0. The van der Waals surface area contributed by atoms with E-state index in [0.29, 0.717) is 6.92 Å². The Morgan fingerprint density at radius 2 is 1.81 bits per heavy atom. The van der Waals surface area contributed by atoms with Crippen molar-refractivity contribution in [3.8, 4) is 11.8 Å². The minimum Gasteiger partial charge on any atom is -0.384 e. The topological polar surface area (TPSA) is 126 Å². The number of sulfonamides is 1. The first-order valence-electron chi connectivity index (χ1n) is 9.40. The molecule has 0 amide bonds. The number of alkyl halides is 3. The molecule has 172 valence electrons. The lowest BCUT2D eigenvalue weighted by Crippen LogP contribution is -2.54. The first-order valence-corrected chi connectivity index (χ1v) is 10.8. The molecule has 0 aliphatic carbocycles. The third-order valence-electron chi connectivity index (χ3n) is 5.06. The van der Waals surface area contributed by atoms with Gasteiger partial charge in [0.1, 0.15) is 16.8 Å². The largest absolute Gasteiger partial charge is 0.421 e. The second-order valence-electron chi connectivity index (χ2n) is 7.23. The molecule has 0 aromatic carbocycles. The molecule has 2 atom stereocenters. The average molecular weight is 470 g/mol. The summed E-state index contributed by atoms with van der Waals surface area (Å²) in [6, 6.07) is 2.11. The highest BCUT2D eigenvalue weighted by Crippen LogP contribution is 2.38. The van der Waals surface area contributed by atoms with Crippen molar-refractivity contribution in [3.63, 3.8) is 0 Å². The number of nitrogens with zero attached hydrogens (tertiary/aromatic N) is 5. The quantitative estimate of drug-likeness (QED) is 0.637. The summed E-state index contributed by atoms with van der Waals surface area (Å²) in [4.78, 5) is 13.3. The van der Waals surface area contributed by atoms with Crippen molar-refractivity contribution in [2.24, 2.45) is 0 Å². The monoisotopic (exact) mass is 470 g/mol. The summed E-state index contributed by atoms with van der Waals surface area (Å²) in [6.45, 7) is 2.40. The smallest absolute Gasteiger partial charge is 0.384 e. The predicted octanol–water partition coefficient (Wildman–Crippen LogP) is 1.13. The summed E-state index contributed by atoms with van der Waals surface area (Å²) in [5.41, 5.74) is 1.90. The van der Waals surface area contributed by atoms with Gasteiger partial charge in [-0.25, -0.2) is 23.4 Å². The number of pyridine rings is 1. The number of hydrogen-bond donors (Lipinski definition) is 2. The molecular weight excluding hydrogens is 449 g/mol. The minimum absolute atomic E-state index is 0.0150. The van der Waals surface area contributed by atoms with Crippen LogP contribution in [-0.4, -0.2) is 64.6 Å². The van der Waals surface area contributed by atoms with Crippen LogP contribution in [0.1, 0.15) is 19.4 Å². The highest BCUT2D eigenvalue weighted by atomic mass is 32.2. The Balaban J connectivity index is 1.84. The lowest BCUT2D eigenvalue weighted by molar-refractivity contribution is -0.259. The van der Waals surface area contributed by atoms with E-state index in [-0.39, 0.29) is 36.3 Å². The van der Waals surface area contributed by atoms with Crippen LogP contribution >= 0.6 is 0 Å². The fraction of sp³-hybridized carbons (Fsp3) is 0.421. The van der Waals surface area contributed by atoms with Crippen molar-refractivity contribution in [2.75, 3.05) is 30.3 Å². The summed E-state index contributed by atoms with van der Waals surface area (Å²) in [5, 5.41) is 9.78. The predicted molar refractivity (Wildman–Crippen MR) is 110 cm³/mol. The number of nitrogens with two attached hydrogens (primary N) is 1. The van der Waals surface area contributed by atoms with Gasteiger partial charge in [0.2, 0.25) is 16.0 Å². The van der Waals surface area contributed by atoms with Gasteiger partial charge in [-0.1, -0.05) is 5.92 Å². The van der Waals surface area contributed by atoms with Crippen molar-refractivity contribution in [3.05, 3.63) is 36.3 Å². The highest BCUT2D eigenvalue weighted by Gasteiger charge is 2.51. The van der Waals surface area contributed by atoms with E-state index in [4.69, 9.17) is 5.73 Å². The molecule has 3 N–H and O–H groups in total. The zero-order valence-corrected chi connectivity index (χ0v) is 18.0. The lowest BCUT2D eigenvalue weighted by Gasteiger charge is -2.38. The molecule has 1 fully saturated rings. The zero-order chi connectivity index (χ0) is 23.7. The molecule has 0 bridgehead atoms. The van der Waals surface area contributed by atoms with E-state index in [9.17, 15) is 26.7 Å². The lowest BCUT2D eigenvalue weighted by atomic mass is 9.99. The van der Waals surface area contributed by atoms with Gasteiger partial charge in [-0.15, -0.1) is 5.92 Å². The Morgan fingerprint density at radius 3 is 2.34 bits per heavy atom. The molecule has 32 heavy (non-hydrogen) atoms. The van der Waals surface area contributed by atoms with E-state index in [1.165, 1.54) is 22.6 Å². The molecule has 3 heterocycles. The zero-order valence-electron chi connectivity index (χ0n) is 17.2. The van der Waals surface area contributed by atoms with Gasteiger partial charge in [0.25, 0.3) is 0 Å². The van der Waals surface area contributed by atoms with Crippen molar-refractivity contribution < 1.29 is 26.7 Å². The third kappa shape index (κ3) is 4.47. The summed E-state index contributed by atoms with van der Waals surface area (Å²) < 4.78 is 66.3. The van der Waals surface area contributed by atoms with Gasteiger partial charge < -0.3 is 15.7 Å². The molecular formula is C19H21F3N6O3S. The first-order chi connectivity index (χ1) is 14.9. The van der Waals surface area contributed by atoms with Crippen LogP contribution in [0.4, 0.5) is 24.9 Å². The van der Waals surface area contributed by atoms with E-state index < -0.39 is 33.4 Å². The Bertz CT molecular complexity index is 1130. The van der Waals surface area contributed by atoms with Crippen LogP contribution < -0.4 is 10.6 Å². The normalized spacial score (nSPS) is 19.7. The van der Waals surface area contributed by atoms with Crippen LogP contribution in [0, 0.1) is 11.8 Å². The van der Waals surface area contributed by atoms with Gasteiger partial charge in [0.15, 0.2) is 5.60 Å². The summed E-state index contributed by atoms with van der Waals surface area (Å²) in [7, 11) is -3.86. The molecule has 1 aliphatic heterocycles. The number of aliphatic hydroxyl groups is 1. The summed E-state index contributed by atoms with van der Waals surface area (Å²) >= 11 is 0. The number of anilines is 2. The Labute approximate surface area is 183 Å². The molecule has 2 aromatic heterocycles. The average Bonchev–Trinajstić information content (AvgIpc) is 2.73. The van der Waals surface area contributed by atoms with E-state index >= 15 is 0 Å². The Morgan fingerprint density at radius 1 is 1.16 bits per heavy atom. The van der Waals surface area contributed by atoms with E-state index in [2.05, 4.69) is 26.8 Å². The van der Waals surface area contributed by atoms with Crippen LogP contribution in [-0.2, 0) is 15.6 Å². The van der Waals surface area contributed by atoms with Crippen molar-refractivity contribution in [1.82, 2.24) is 19.3 Å². The molecule has 0 radical (unpaired) electrons. The maximum atomic E-state index is 13.0. The van der Waals surface area contributed by atoms with E-state index in [1.54, 1.807) is 11.8 Å². The van der Waals surface area contributed by atoms with Gasteiger partial charge in [-0.05, 0) is 26.0 Å². The van der Waals surface area contributed by atoms with Gasteiger partial charge in [0.05, 0.1) is 0 Å². The number of nitrogen functional groups attached to an aromatic ring is 1. The summed E-state index contributed by atoms with van der Waals surface area (Å²) in [6.07, 6.45) is -1.93. The molecule has 0 unspecified atom stereocenters. The van der Waals surface area contributed by atoms with E-state index in [0.717, 1.165) is 12.4 Å². The third-order valence-corrected chi connectivity index (χ3v) is 6.91. The van der Waals surface area contributed by atoms with Gasteiger partial charge in [0, 0.05) is 43.8 Å². The van der Waals surface area contributed by atoms with Crippen LogP contribution in [0.25, 0.3) is 0 Å². The van der Waals surface area contributed by atoms with Gasteiger partial charge in [-0.2, -0.15) is 17.5 Å². The number of hydrogen-bond acceptors (Lipinski definition) is 8. The van der Waals surface area contributed by atoms with Crippen LogP contribution in [0.5, 0.6) is 0 Å². The molecule has 13 heteroatoms. The van der Waals surface area contributed by atoms with Crippen molar-refractivity contribution in [1.29, 1.82) is 0 Å². The molecule has 1 saturated heterocycles. The second kappa shape index (κ2) is 8.53. The van der Waals surface area contributed by atoms with Crippen LogP contribution in [0.2, 0.25) is 0 Å². The van der Waals surface area contributed by atoms with E-state index in [1.807, 2.05) is 0 Å². The second-order valence-corrected chi connectivity index (χ2v) is 9.16. The van der Waals surface area contributed by atoms with Crippen LogP contribution in [0.3, 0.4) is 0 Å². The molecule has 9 nitrogen and oxygen atoms in total. The Kier molecular flexibility index (Phi) is 6.32. The number of rotatable bonds is 4.